The summed E-state index contributed by atoms with van der Waals surface area (Å²) < 4.78 is 4.96. The maximum absolute atomic E-state index is 13.3. The van der Waals surface area contributed by atoms with Crippen LogP contribution in [0.3, 0.4) is 0 Å². The summed E-state index contributed by atoms with van der Waals surface area (Å²) >= 11 is 0. The van der Waals surface area contributed by atoms with Gasteiger partial charge in [0.25, 0.3) is 11.8 Å². The van der Waals surface area contributed by atoms with Gasteiger partial charge in [-0.3, -0.25) is 19.3 Å². The molecule has 0 saturated heterocycles. The summed E-state index contributed by atoms with van der Waals surface area (Å²) in [7, 11) is 0. The summed E-state index contributed by atoms with van der Waals surface area (Å²) in [6, 6.07) is 19.8. The van der Waals surface area contributed by atoms with E-state index in [2.05, 4.69) is 0 Å². The number of rotatable bonds is 5. The van der Waals surface area contributed by atoms with Crippen LogP contribution < -0.4 is 0 Å². The van der Waals surface area contributed by atoms with E-state index in [0.29, 0.717) is 11.1 Å². The predicted molar refractivity (Wildman–Crippen MR) is 119 cm³/mol. The lowest BCUT2D eigenvalue weighted by atomic mass is 9.82. The zero-order valence-corrected chi connectivity index (χ0v) is 17.8. The summed E-state index contributed by atoms with van der Waals surface area (Å²) in [5.74, 6) is -1.13. The van der Waals surface area contributed by atoms with E-state index < -0.39 is 5.97 Å². The van der Waals surface area contributed by atoms with Crippen molar-refractivity contribution in [1.29, 1.82) is 0 Å². The first-order valence-electron chi connectivity index (χ1n) is 10.2. The average Bonchev–Trinajstić information content (AvgIpc) is 3.02. The number of imide groups is 1. The van der Waals surface area contributed by atoms with Gasteiger partial charge in [-0.25, -0.2) is 0 Å². The Kier molecular flexibility index (Phi) is 5.42. The van der Waals surface area contributed by atoms with Crippen molar-refractivity contribution in [3.8, 4) is 22.3 Å². The van der Waals surface area contributed by atoms with E-state index in [0.717, 1.165) is 33.4 Å². The summed E-state index contributed by atoms with van der Waals surface area (Å²) in [6.45, 7) is 5.11. The molecule has 0 atom stereocenters. The second kappa shape index (κ2) is 8.19. The number of benzene rings is 3. The normalized spacial score (nSPS) is 12.8. The molecule has 1 aliphatic heterocycles. The Morgan fingerprint density at radius 3 is 1.55 bits per heavy atom. The highest BCUT2D eigenvalue weighted by Crippen LogP contribution is 2.43. The van der Waals surface area contributed by atoms with Gasteiger partial charge in [0.05, 0.1) is 17.7 Å². The first-order valence-corrected chi connectivity index (χ1v) is 10.2. The summed E-state index contributed by atoms with van der Waals surface area (Å²) in [4.78, 5) is 38.8. The van der Waals surface area contributed by atoms with Crippen LogP contribution >= 0.6 is 0 Å². The molecule has 0 bridgehead atoms. The van der Waals surface area contributed by atoms with Crippen LogP contribution in [0.2, 0.25) is 0 Å². The highest BCUT2D eigenvalue weighted by molar-refractivity contribution is 6.24. The lowest BCUT2D eigenvalue weighted by Crippen LogP contribution is -2.33. The summed E-state index contributed by atoms with van der Waals surface area (Å²) in [5, 5.41) is 0. The molecule has 0 unspecified atom stereocenters. The van der Waals surface area contributed by atoms with Crippen molar-refractivity contribution in [3.63, 3.8) is 0 Å². The Balaban J connectivity index is 1.93. The topological polar surface area (TPSA) is 63.7 Å². The Bertz CT molecular complexity index is 1100. The first-order chi connectivity index (χ1) is 14.9. The molecule has 4 rings (SSSR count). The van der Waals surface area contributed by atoms with Crippen molar-refractivity contribution in [2.75, 3.05) is 13.2 Å². The molecule has 5 heteroatoms. The SMILES string of the molecule is CC(=O)OCCN1C(=O)c2c(C)c(-c3ccccc3)c(-c3ccccc3)c(C)c2C1=O. The second-order valence-corrected chi connectivity index (χ2v) is 7.58. The van der Waals surface area contributed by atoms with Crippen molar-refractivity contribution in [1.82, 2.24) is 4.90 Å². The maximum atomic E-state index is 13.3. The van der Waals surface area contributed by atoms with E-state index in [1.54, 1.807) is 0 Å². The van der Waals surface area contributed by atoms with Gasteiger partial charge in [0, 0.05) is 6.92 Å². The molecular weight excluding hydrogens is 390 g/mol. The number of ether oxygens (including phenoxy) is 1. The molecule has 1 aliphatic rings. The third-order valence-corrected chi connectivity index (χ3v) is 5.66. The molecule has 0 radical (unpaired) electrons. The molecule has 0 aliphatic carbocycles. The van der Waals surface area contributed by atoms with Crippen LogP contribution in [0.1, 0.15) is 38.8 Å². The van der Waals surface area contributed by atoms with Gasteiger partial charge in [0.15, 0.2) is 0 Å². The maximum Gasteiger partial charge on any atom is 0.302 e. The third-order valence-electron chi connectivity index (χ3n) is 5.66. The van der Waals surface area contributed by atoms with Crippen molar-refractivity contribution in [2.24, 2.45) is 0 Å². The van der Waals surface area contributed by atoms with Crippen LogP contribution in [0.5, 0.6) is 0 Å². The molecule has 156 valence electrons. The van der Waals surface area contributed by atoms with Gasteiger partial charge in [-0.15, -0.1) is 0 Å². The number of carbonyl (C=O) groups excluding carboxylic acids is 3. The molecule has 0 aromatic heterocycles. The third kappa shape index (κ3) is 3.52. The molecule has 0 saturated carbocycles. The highest BCUT2D eigenvalue weighted by atomic mass is 16.5. The quantitative estimate of drug-likeness (QED) is 0.445. The molecule has 31 heavy (non-hydrogen) atoms. The van der Waals surface area contributed by atoms with Crippen molar-refractivity contribution < 1.29 is 19.1 Å². The van der Waals surface area contributed by atoms with Gasteiger partial charge in [0.1, 0.15) is 6.61 Å². The predicted octanol–water partition coefficient (Wildman–Crippen LogP) is 4.80. The summed E-state index contributed by atoms with van der Waals surface area (Å²) in [5.41, 5.74) is 6.30. The number of fused-ring (bicyclic) bond motifs is 1. The molecule has 0 fully saturated rings. The number of amides is 2. The highest BCUT2D eigenvalue weighted by Gasteiger charge is 2.40. The van der Waals surface area contributed by atoms with Gasteiger partial charge in [-0.05, 0) is 47.2 Å². The first kappa shape index (κ1) is 20.5. The van der Waals surface area contributed by atoms with Gasteiger partial charge < -0.3 is 4.74 Å². The fourth-order valence-electron chi connectivity index (χ4n) is 4.31. The van der Waals surface area contributed by atoms with Crippen LogP contribution in [0.15, 0.2) is 60.7 Å². The largest absolute Gasteiger partial charge is 0.464 e. The number of carbonyl (C=O) groups is 3. The minimum atomic E-state index is -0.443. The number of hydrogen-bond acceptors (Lipinski definition) is 4. The Morgan fingerprint density at radius 1 is 0.742 bits per heavy atom. The lowest BCUT2D eigenvalue weighted by Gasteiger charge is -2.19. The zero-order valence-electron chi connectivity index (χ0n) is 17.8. The fourth-order valence-corrected chi connectivity index (χ4v) is 4.31. The molecule has 0 spiro atoms. The van der Waals surface area contributed by atoms with E-state index >= 15 is 0 Å². The number of nitrogens with zero attached hydrogens (tertiary/aromatic N) is 1. The molecule has 3 aromatic rings. The van der Waals surface area contributed by atoms with E-state index in [1.165, 1.54) is 11.8 Å². The van der Waals surface area contributed by atoms with Gasteiger partial charge in [-0.1, -0.05) is 60.7 Å². The lowest BCUT2D eigenvalue weighted by molar-refractivity contribution is -0.141. The second-order valence-electron chi connectivity index (χ2n) is 7.58. The van der Waals surface area contributed by atoms with Crippen LogP contribution in [0, 0.1) is 13.8 Å². The molecule has 1 heterocycles. The molecule has 2 amide bonds. The fraction of sp³-hybridized carbons (Fsp3) is 0.192. The molecule has 3 aromatic carbocycles. The van der Waals surface area contributed by atoms with Gasteiger partial charge in [-0.2, -0.15) is 0 Å². The Morgan fingerprint density at radius 2 is 1.16 bits per heavy atom. The van der Waals surface area contributed by atoms with E-state index in [4.69, 9.17) is 4.74 Å². The van der Waals surface area contributed by atoms with Crippen molar-refractivity contribution in [3.05, 3.63) is 82.9 Å². The average molecular weight is 413 g/mol. The molecular formula is C26H23NO4. The van der Waals surface area contributed by atoms with Crippen molar-refractivity contribution >= 4 is 17.8 Å². The molecule has 5 nitrogen and oxygen atoms in total. The van der Waals surface area contributed by atoms with Crippen LogP contribution in [0.25, 0.3) is 22.3 Å². The minimum absolute atomic E-state index is 0.0179. The Labute approximate surface area is 181 Å². The number of hydrogen-bond donors (Lipinski definition) is 0. The van der Waals surface area contributed by atoms with E-state index in [1.807, 2.05) is 74.5 Å². The standard InChI is InChI=1S/C26H23NO4/c1-16-21(19-10-6-4-7-11-19)22(20-12-8-5-9-13-20)17(2)24-23(16)25(29)27(26(24)30)14-15-31-18(3)28/h4-13H,14-15H2,1-3H3. The monoisotopic (exact) mass is 413 g/mol. The van der Waals surface area contributed by atoms with Gasteiger partial charge in [0.2, 0.25) is 0 Å². The minimum Gasteiger partial charge on any atom is -0.464 e. The van der Waals surface area contributed by atoms with Crippen LogP contribution in [0.4, 0.5) is 0 Å². The summed E-state index contributed by atoms with van der Waals surface area (Å²) in [6.07, 6.45) is 0. The van der Waals surface area contributed by atoms with E-state index in [9.17, 15) is 14.4 Å². The van der Waals surface area contributed by atoms with Crippen LogP contribution in [-0.4, -0.2) is 35.8 Å². The van der Waals surface area contributed by atoms with E-state index in [-0.39, 0.29) is 25.0 Å². The zero-order chi connectivity index (χ0) is 22.1. The van der Waals surface area contributed by atoms with Crippen LogP contribution in [-0.2, 0) is 9.53 Å². The van der Waals surface area contributed by atoms with Crippen molar-refractivity contribution in [2.45, 2.75) is 20.8 Å². The Hall–Kier alpha value is -3.73. The van der Waals surface area contributed by atoms with Gasteiger partial charge >= 0.3 is 5.97 Å². The smallest absolute Gasteiger partial charge is 0.302 e. The number of esters is 1. The molecule has 0 N–H and O–H groups in total.